The molecular weight excluding hydrogens is 268 g/mol. The van der Waals surface area contributed by atoms with Gasteiger partial charge in [-0.2, -0.15) is 0 Å². The minimum atomic E-state index is -1.31. The minimum Gasteiger partial charge on any atom is -0.496 e. The Hall–Kier alpha value is -2.44. The molecule has 0 bridgehead atoms. The molecule has 0 saturated heterocycles. The van der Waals surface area contributed by atoms with Crippen molar-refractivity contribution in [3.8, 4) is 17.2 Å². The van der Waals surface area contributed by atoms with Gasteiger partial charge in [-0.15, -0.1) is 0 Å². The summed E-state index contributed by atoms with van der Waals surface area (Å²) in [5.41, 5.74) is 0. The highest BCUT2D eigenvalue weighted by molar-refractivity contribution is 5.92. The average molecular weight is 286 g/mol. The molecule has 0 spiro atoms. The van der Waals surface area contributed by atoms with E-state index >= 15 is 0 Å². The number of hydrogen-bond acceptors (Lipinski definition) is 5. The van der Waals surface area contributed by atoms with Crippen molar-refractivity contribution in [2.24, 2.45) is 5.92 Å². The van der Waals surface area contributed by atoms with Crippen LogP contribution >= 0.6 is 0 Å². The molecule has 1 aromatic rings. The first-order valence-corrected chi connectivity index (χ1v) is 5.58. The maximum atomic E-state index is 9.76. The van der Waals surface area contributed by atoms with E-state index in [2.05, 4.69) is 0 Å². The molecular formula is C13H18O7. The highest BCUT2D eigenvalue weighted by atomic mass is 16.5. The third kappa shape index (κ3) is 5.94. The Morgan fingerprint density at radius 2 is 1.10 bits per heavy atom. The van der Waals surface area contributed by atoms with Gasteiger partial charge < -0.3 is 24.4 Å². The van der Waals surface area contributed by atoms with E-state index in [4.69, 9.17) is 24.4 Å². The van der Waals surface area contributed by atoms with E-state index in [1.807, 2.05) is 0 Å². The number of carboxylic acid groups (broad SMARTS) is 2. The second-order valence-electron chi connectivity index (χ2n) is 3.65. The summed E-state index contributed by atoms with van der Waals surface area (Å²) in [5, 5.41) is 15.9. The number of benzene rings is 1. The molecule has 0 aromatic heterocycles. The number of ether oxygens (including phenoxy) is 3. The van der Waals surface area contributed by atoms with Gasteiger partial charge in [0.2, 0.25) is 0 Å². The predicted molar refractivity (Wildman–Crippen MR) is 70.5 cm³/mol. The van der Waals surface area contributed by atoms with Crippen molar-refractivity contribution in [2.45, 2.75) is 6.92 Å². The molecule has 1 rings (SSSR count). The summed E-state index contributed by atoms with van der Waals surface area (Å²) in [6.45, 7) is 1.12. The van der Waals surface area contributed by atoms with E-state index in [1.54, 1.807) is 39.5 Å². The topological polar surface area (TPSA) is 102 Å². The van der Waals surface area contributed by atoms with Gasteiger partial charge in [-0.1, -0.05) is 0 Å². The fraction of sp³-hybridized carbons (Fsp3) is 0.385. The lowest BCUT2D eigenvalue weighted by Crippen LogP contribution is -2.19. The number of hydrogen-bond donors (Lipinski definition) is 2. The molecule has 0 amide bonds. The van der Waals surface area contributed by atoms with E-state index in [0.717, 1.165) is 24.2 Å². The Morgan fingerprint density at radius 3 is 1.20 bits per heavy atom. The van der Waals surface area contributed by atoms with Crippen LogP contribution in [0, 0.1) is 5.92 Å². The lowest BCUT2D eigenvalue weighted by atomic mass is 10.2. The monoisotopic (exact) mass is 286 g/mol. The van der Waals surface area contributed by atoms with E-state index in [0.29, 0.717) is 0 Å². The van der Waals surface area contributed by atoms with Crippen molar-refractivity contribution < 1.29 is 34.0 Å². The first-order chi connectivity index (χ1) is 9.35. The Kier molecular flexibility index (Phi) is 7.57. The van der Waals surface area contributed by atoms with Crippen LogP contribution in [0.4, 0.5) is 0 Å². The van der Waals surface area contributed by atoms with Crippen LogP contribution < -0.4 is 14.2 Å². The van der Waals surface area contributed by atoms with Crippen molar-refractivity contribution in [1.29, 1.82) is 0 Å². The fourth-order valence-electron chi connectivity index (χ4n) is 1.00. The third-order valence-corrected chi connectivity index (χ3v) is 2.30. The van der Waals surface area contributed by atoms with Crippen LogP contribution in [0.15, 0.2) is 18.2 Å². The molecule has 7 nitrogen and oxygen atoms in total. The lowest BCUT2D eigenvalue weighted by Gasteiger charge is -2.06. The number of carboxylic acids is 2. The number of methoxy groups -OCH3 is 3. The standard InChI is InChI=1S/C9H12O3.C4H6O4/c1-10-7-4-8(11-2)6-9(5-7)12-3;1-2(3(5)6)4(7)8/h4-6H,1-3H3;2H,1H3,(H,5,6)(H,7,8). The minimum absolute atomic E-state index is 0.728. The van der Waals surface area contributed by atoms with E-state index in [1.165, 1.54) is 0 Å². The van der Waals surface area contributed by atoms with Gasteiger partial charge in [0.1, 0.15) is 17.2 Å². The molecule has 112 valence electrons. The van der Waals surface area contributed by atoms with Gasteiger partial charge >= 0.3 is 11.9 Å². The summed E-state index contributed by atoms with van der Waals surface area (Å²) in [6.07, 6.45) is 0. The lowest BCUT2D eigenvalue weighted by molar-refractivity contribution is -0.153. The van der Waals surface area contributed by atoms with Gasteiger partial charge in [-0.25, -0.2) is 0 Å². The second kappa shape index (κ2) is 8.63. The zero-order valence-electron chi connectivity index (χ0n) is 11.7. The number of rotatable bonds is 5. The Morgan fingerprint density at radius 1 is 0.850 bits per heavy atom. The van der Waals surface area contributed by atoms with Crippen molar-refractivity contribution in [2.75, 3.05) is 21.3 Å². The molecule has 0 saturated carbocycles. The Bertz CT molecular complexity index is 387. The van der Waals surface area contributed by atoms with Crippen LogP contribution in [0.1, 0.15) is 6.92 Å². The molecule has 1 aromatic carbocycles. The number of carbonyl (C=O) groups is 2. The maximum Gasteiger partial charge on any atom is 0.317 e. The fourth-order valence-corrected chi connectivity index (χ4v) is 1.00. The van der Waals surface area contributed by atoms with Crippen LogP contribution in [0.2, 0.25) is 0 Å². The molecule has 0 aliphatic rings. The summed E-state index contributed by atoms with van der Waals surface area (Å²) in [5.74, 6) is -1.73. The largest absolute Gasteiger partial charge is 0.496 e. The van der Waals surface area contributed by atoms with Crippen LogP contribution in [-0.2, 0) is 9.59 Å². The molecule has 2 N–H and O–H groups in total. The van der Waals surface area contributed by atoms with Gasteiger partial charge in [-0.05, 0) is 6.92 Å². The van der Waals surface area contributed by atoms with Gasteiger partial charge in [0.25, 0.3) is 0 Å². The van der Waals surface area contributed by atoms with Crippen molar-refractivity contribution >= 4 is 11.9 Å². The zero-order chi connectivity index (χ0) is 15.7. The van der Waals surface area contributed by atoms with Crippen molar-refractivity contribution in [3.05, 3.63) is 18.2 Å². The van der Waals surface area contributed by atoms with E-state index < -0.39 is 17.9 Å². The van der Waals surface area contributed by atoms with Crippen molar-refractivity contribution in [1.82, 2.24) is 0 Å². The number of aliphatic carboxylic acids is 2. The zero-order valence-corrected chi connectivity index (χ0v) is 11.7. The van der Waals surface area contributed by atoms with Crippen LogP contribution in [0.25, 0.3) is 0 Å². The van der Waals surface area contributed by atoms with E-state index in [9.17, 15) is 9.59 Å². The molecule has 7 heteroatoms. The summed E-state index contributed by atoms with van der Waals surface area (Å²) in [6, 6.07) is 5.38. The van der Waals surface area contributed by atoms with Gasteiger partial charge in [-0.3, -0.25) is 9.59 Å². The van der Waals surface area contributed by atoms with Gasteiger partial charge in [0.05, 0.1) is 21.3 Å². The smallest absolute Gasteiger partial charge is 0.317 e. The molecule has 0 aliphatic heterocycles. The van der Waals surface area contributed by atoms with Gasteiger partial charge in [0.15, 0.2) is 5.92 Å². The molecule has 0 fully saturated rings. The quantitative estimate of drug-likeness (QED) is 0.791. The molecule has 0 heterocycles. The second-order valence-corrected chi connectivity index (χ2v) is 3.65. The molecule has 0 atom stereocenters. The summed E-state index contributed by atoms with van der Waals surface area (Å²) in [7, 11) is 4.82. The van der Waals surface area contributed by atoms with Crippen LogP contribution in [0.3, 0.4) is 0 Å². The van der Waals surface area contributed by atoms with E-state index in [-0.39, 0.29) is 0 Å². The first kappa shape index (κ1) is 17.6. The normalized spacial score (nSPS) is 9.25. The van der Waals surface area contributed by atoms with Crippen molar-refractivity contribution in [3.63, 3.8) is 0 Å². The van der Waals surface area contributed by atoms with Crippen LogP contribution in [-0.4, -0.2) is 43.5 Å². The predicted octanol–water partition coefficient (Wildman–Crippen LogP) is 1.50. The molecule has 0 aliphatic carbocycles. The highest BCUT2D eigenvalue weighted by Gasteiger charge is 2.18. The molecule has 0 radical (unpaired) electrons. The Labute approximate surface area is 116 Å². The summed E-state index contributed by atoms with van der Waals surface area (Å²) >= 11 is 0. The SMILES string of the molecule is CC(C(=O)O)C(=O)O.COc1cc(OC)cc(OC)c1. The Balaban J connectivity index is 0.000000396. The molecule has 0 unspecified atom stereocenters. The van der Waals surface area contributed by atoms with Crippen LogP contribution in [0.5, 0.6) is 17.2 Å². The third-order valence-electron chi connectivity index (χ3n) is 2.30. The molecule has 20 heavy (non-hydrogen) atoms. The summed E-state index contributed by atoms with van der Waals surface area (Å²) < 4.78 is 15.1. The van der Waals surface area contributed by atoms with Gasteiger partial charge in [0, 0.05) is 18.2 Å². The maximum absolute atomic E-state index is 9.76. The highest BCUT2D eigenvalue weighted by Crippen LogP contribution is 2.26. The average Bonchev–Trinajstić information content (AvgIpc) is 2.45. The summed E-state index contributed by atoms with van der Waals surface area (Å²) in [4.78, 5) is 19.5. The first-order valence-electron chi connectivity index (χ1n) is 5.58.